The Morgan fingerprint density at radius 1 is 0.670 bits per heavy atom. The monoisotopic (exact) mass is 1310 g/mol. The van der Waals surface area contributed by atoms with E-state index in [1.807, 2.05) is 61.0 Å². The first-order chi connectivity index (χ1) is 45.3. The van der Waals surface area contributed by atoms with Crippen molar-refractivity contribution in [3.63, 3.8) is 0 Å². The van der Waals surface area contributed by atoms with Crippen LogP contribution in [0, 0.1) is 18.6 Å². The van der Waals surface area contributed by atoms with Crippen LogP contribution in [0.1, 0.15) is 87.7 Å². The minimum Gasteiger partial charge on any atom is -0.467 e. The number of benzene rings is 1. The number of likely N-dealkylation sites (tertiary alicyclic amines) is 3. The summed E-state index contributed by atoms with van der Waals surface area (Å²) in [5, 5.41) is 2.53. The molecule has 0 radical (unpaired) electrons. The molecule has 1 saturated carbocycles. The van der Waals surface area contributed by atoms with Crippen LogP contribution in [0.5, 0.6) is 12.0 Å². The molecule has 26 heteroatoms. The first-order valence-electron chi connectivity index (χ1n) is 32.5. The van der Waals surface area contributed by atoms with Crippen LogP contribution in [0.15, 0.2) is 67.5 Å². The number of alkyl halides is 2. The normalized spacial score (nSPS) is 23.3. The van der Waals surface area contributed by atoms with E-state index in [0.717, 1.165) is 81.1 Å². The number of likely N-dealkylation sites (N-methyl/N-ethyl adjacent to an activating group) is 3. The van der Waals surface area contributed by atoms with Gasteiger partial charge in [0.2, 0.25) is 11.8 Å². The van der Waals surface area contributed by atoms with Crippen molar-refractivity contribution >= 4 is 79.3 Å². The van der Waals surface area contributed by atoms with E-state index in [1.54, 1.807) is 35.4 Å². The van der Waals surface area contributed by atoms with Crippen LogP contribution in [0.4, 0.5) is 40.8 Å². The standard InChI is InChI=1S/C29H30ClFN8O2.C25H28FN7O2.2C7H12FN/c1-37-11-9-17(37)7-8-22(40)39-12-10-18(15-39)38(2)28-19-14-33-27(24(31)25(19)35-29(36-28)41-3)26-23-16(13-21(32)34-26)5-4-6-20(23)30;1-5-18(34)33-9-8-15(12-33)32(3)24-16-11-28-23(20(26)21(16)30-25(31-24)35-4)22-19(14-6-7-14)13(2)10-17(27)29-22;2*8-6-4-7-2-1-3-9(7)5-6/h4-8,13-14,17-18H,9-12,15H2,1-3H3,(H2,32,34);5,10-11,14-15H,1,6-9,12H2,2-4H3,(H2,27,29);2*6-7H,1-5H2/b8-7+;;;. The Bertz CT molecular complexity index is 3980. The molecule has 7 saturated heterocycles. The average Bonchev–Trinajstić information content (AvgIpc) is 0.928. The number of pyridine rings is 4. The van der Waals surface area contributed by atoms with Crippen LogP contribution < -0.4 is 30.7 Å². The maximum Gasteiger partial charge on any atom is 0.318 e. The van der Waals surface area contributed by atoms with Crippen molar-refractivity contribution in [2.75, 3.05) is 116 Å². The van der Waals surface area contributed by atoms with E-state index in [2.05, 4.69) is 61.2 Å². The number of rotatable bonds is 12. The van der Waals surface area contributed by atoms with Gasteiger partial charge in [0.05, 0.1) is 35.7 Å². The summed E-state index contributed by atoms with van der Waals surface area (Å²) in [6.45, 7) is 12.6. The number of carbonyl (C=O) groups excluding carboxylic acids is 2. The molecule has 94 heavy (non-hydrogen) atoms. The molecule has 21 nitrogen and oxygen atoms in total. The Morgan fingerprint density at radius 3 is 1.70 bits per heavy atom. The Labute approximate surface area is 549 Å². The highest BCUT2D eigenvalue weighted by Gasteiger charge is 2.38. The van der Waals surface area contributed by atoms with E-state index in [0.29, 0.717) is 108 Å². The molecule has 0 bridgehead atoms. The number of hydrogen-bond acceptors (Lipinski definition) is 19. The van der Waals surface area contributed by atoms with Crippen LogP contribution in [0.25, 0.3) is 55.4 Å². The van der Waals surface area contributed by atoms with Crippen molar-refractivity contribution in [3.05, 3.63) is 95.3 Å². The molecule has 7 aliphatic heterocycles. The summed E-state index contributed by atoms with van der Waals surface area (Å²) in [5.41, 5.74) is 15.0. The lowest BCUT2D eigenvalue weighted by molar-refractivity contribution is -0.125. The van der Waals surface area contributed by atoms with E-state index in [9.17, 15) is 18.4 Å². The summed E-state index contributed by atoms with van der Waals surface area (Å²) in [4.78, 5) is 74.6. The van der Waals surface area contributed by atoms with Gasteiger partial charge in [-0.3, -0.25) is 34.3 Å². The van der Waals surface area contributed by atoms with Gasteiger partial charge in [-0.1, -0.05) is 36.4 Å². The van der Waals surface area contributed by atoms with E-state index < -0.39 is 24.0 Å². The number of aryl methyl sites for hydroxylation is 1. The molecule has 6 aromatic heterocycles. The minimum atomic E-state index is -0.688. The number of fused-ring (bicyclic) bond motifs is 5. The van der Waals surface area contributed by atoms with E-state index in [1.165, 1.54) is 52.2 Å². The van der Waals surface area contributed by atoms with Crippen molar-refractivity contribution in [3.8, 4) is 34.8 Å². The Morgan fingerprint density at radius 2 is 1.20 bits per heavy atom. The molecule has 7 unspecified atom stereocenters. The average molecular weight is 1310 g/mol. The van der Waals surface area contributed by atoms with Gasteiger partial charge in [0.1, 0.15) is 63.7 Å². The fraction of sp³-hybridized carbons (Fsp3) is 0.500. The predicted octanol–water partition coefficient (Wildman–Crippen LogP) is 9.53. The smallest absolute Gasteiger partial charge is 0.318 e. The third-order valence-corrected chi connectivity index (χ3v) is 20.1. The van der Waals surface area contributed by atoms with Gasteiger partial charge in [-0.15, -0.1) is 0 Å². The third kappa shape index (κ3) is 13.7. The summed E-state index contributed by atoms with van der Waals surface area (Å²) >= 11 is 6.49. The molecule has 2 amide bonds. The van der Waals surface area contributed by atoms with Gasteiger partial charge >= 0.3 is 12.0 Å². The number of amides is 2. The molecule has 7 atom stereocenters. The van der Waals surface area contributed by atoms with E-state index in [4.69, 9.17) is 32.5 Å². The van der Waals surface area contributed by atoms with Crippen LogP contribution >= 0.6 is 11.6 Å². The van der Waals surface area contributed by atoms with Gasteiger partial charge in [-0.05, 0) is 144 Å². The van der Waals surface area contributed by atoms with Crippen molar-refractivity contribution in [2.45, 2.75) is 126 Å². The molecule has 7 aromatic rings. The quantitative estimate of drug-likeness (QED) is 0.0856. The predicted molar refractivity (Wildman–Crippen MR) is 358 cm³/mol. The van der Waals surface area contributed by atoms with Crippen LogP contribution in [0.2, 0.25) is 5.02 Å². The lowest BCUT2D eigenvalue weighted by Gasteiger charge is -2.35. The van der Waals surface area contributed by atoms with Gasteiger partial charge in [-0.25, -0.2) is 27.5 Å². The number of aromatic nitrogens is 8. The number of halogens is 5. The zero-order chi connectivity index (χ0) is 66.2. The number of hydrogen-bond donors (Lipinski definition) is 2. The molecule has 4 N–H and O–H groups in total. The minimum absolute atomic E-state index is 0.01000. The second-order valence-electron chi connectivity index (χ2n) is 25.9. The van der Waals surface area contributed by atoms with Crippen molar-refractivity contribution in [1.82, 2.24) is 64.4 Å². The number of nitrogen functional groups attached to an aromatic ring is 2. The van der Waals surface area contributed by atoms with Crippen molar-refractivity contribution in [1.29, 1.82) is 0 Å². The number of anilines is 4. The molecule has 0 spiro atoms. The molecular weight excluding hydrogens is 1230 g/mol. The highest BCUT2D eigenvalue weighted by atomic mass is 35.5. The molecular formula is C68H82ClF4N17O4. The fourth-order valence-electron chi connectivity index (χ4n) is 14.5. The summed E-state index contributed by atoms with van der Waals surface area (Å²) in [6.07, 6.45) is 18.3. The second kappa shape index (κ2) is 28.1. The lowest BCUT2D eigenvalue weighted by Crippen LogP contribution is -2.43. The van der Waals surface area contributed by atoms with Gasteiger partial charge in [-0.2, -0.15) is 19.9 Å². The Kier molecular flexibility index (Phi) is 19.7. The first-order valence-corrected chi connectivity index (χ1v) is 32.9. The molecule has 1 aliphatic carbocycles. The number of nitrogens with two attached hydrogens (primary N) is 2. The Hall–Kier alpha value is -8.13. The summed E-state index contributed by atoms with van der Waals surface area (Å²) in [5.74, 6) is 0.416. The third-order valence-electron chi connectivity index (χ3n) is 19.8. The van der Waals surface area contributed by atoms with Crippen molar-refractivity contribution < 1.29 is 36.6 Å². The van der Waals surface area contributed by atoms with Crippen LogP contribution in [-0.2, 0) is 9.59 Å². The molecule has 8 fully saturated rings. The fourth-order valence-corrected chi connectivity index (χ4v) is 14.7. The highest BCUT2D eigenvalue weighted by Crippen LogP contribution is 2.47. The zero-order valence-corrected chi connectivity index (χ0v) is 54.9. The molecule has 13 heterocycles. The van der Waals surface area contributed by atoms with E-state index >= 15 is 8.78 Å². The summed E-state index contributed by atoms with van der Waals surface area (Å²) < 4.78 is 68.2. The van der Waals surface area contributed by atoms with Crippen molar-refractivity contribution in [2.24, 2.45) is 0 Å². The van der Waals surface area contributed by atoms with Crippen LogP contribution in [-0.4, -0.2) is 213 Å². The first kappa shape index (κ1) is 65.9. The lowest BCUT2D eigenvalue weighted by atomic mass is 9.99. The van der Waals surface area contributed by atoms with Gasteiger partial charge in [0, 0.05) is 114 Å². The molecule has 498 valence electrons. The summed E-state index contributed by atoms with van der Waals surface area (Å²) in [6, 6.07) is 10.4. The van der Waals surface area contributed by atoms with Crippen LogP contribution in [0.3, 0.4) is 0 Å². The topological polar surface area (TPSA) is 230 Å². The second-order valence-corrected chi connectivity index (χ2v) is 26.3. The number of nitrogens with zero attached hydrogens (tertiary/aromatic N) is 15. The number of ether oxygens (including phenoxy) is 2. The van der Waals surface area contributed by atoms with Gasteiger partial charge in [0.15, 0.2) is 11.6 Å². The molecule has 15 rings (SSSR count). The number of carbonyl (C=O) groups is 2. The van der Waals surface area contributed by atoms with Gasteiger partial charge < -0.3 is 40.5 Å². The molecule has 1 aromatic carbocycles. The van der Waals surface area contributed by atoms with E-state index in [-0.39, 0.29) is 69.9 Å². The summed E-state index contributed by atoms with van der Waals surface area (Å²) in [7, 11) is 8.66. The maximum absolute atomic E-state index is 16.2. The molecule has 8 aliphatic rings. The SMILES string of the molecule is C=CC(=O)N1CCC(N(C)c2nc(OC)nc3c(F)c(-c4nc(N)cc(C)c4C4CC4)ncc23)C1.COc1nc(N(C)C2CCN(C(=O)/C=C/C3CCN3C)C2)c2cnc(-c3nc(N)cc4cccc(Cl)c34)c(F)c2n1.FC1CC2CCCN2C1.FC1CC2CCCN2C1. The Balaban J connectivity index is 0.000000142. The highest BCUT2D eigenvalue weighted by molar-refractivity contribution is 6.36. The zero-order valence-electron chi connectivity index (χ0n) is 54.1. The number of methoxy groups -OCH3 is 2. The largest absolute Gasteiger partial charge is 0.467 e. The van der Waals surface area contributed by atoms with Gasteiger partial charge in [0.25, 0.3) is 0 Å². The maximum atomic E-state index is 16.2.